The lowest BCUT2D eigenvalue weighted by atomic mass is 10.1. The van der Waals surface area contributed by atoms with Crippen molar-refractivity contribution < 1.29 is 22.7 Å². The molecule has 0 aliphatic heterocycles. The van der Waals surface area contributed by atoms with Gasteiger partial charge in [-0.15, -0.1) is 0 Å². The molecule has 0 radical (unpaired) electrons. The van der Waals surface area contributed by atoms with Gasteiger partial charge in [0.15, 0.2) is 0 Å². The minimum Gasteiger partial charge on any atom is -0.462 e. The molecule has 0 bridgehead atoms. The topological polar surface area (TPSA) is 64.3 Å². The van der Waals surface area contributed by atoms with E-state index in [1.165, 1.54) is 18.2 Å². The van der Waals surface area contributed by atoms with Crippen LogP contribution in [-0.4, -0.2) is 25.3 Å². The summed E-state index contributed by atoms with van der Waals surface area (Å²) in [5, 5.41) is 2.14. The molecule has 0 heterocycles. The summed E-state index contributed by atoms with van der Waals surface area (Å²) in [6.45, 7) is 0.503. The summed E-state index contributed by atoms with van der Waals surface area (Å²) in [4.78, 5) is 11.5. The monoisotopic (exact) mass is 262 g/mol. The molecular weight excluding hydrogens is 249 g/mol. The molecule has 4 nitrogen and oxygen atoms in total. The van der Waals surface area contributed by atoms with Gasteiger partial charge in [-0.05, 0) is 25.1 Å². The van der Waals surface area contributed by atoms with E-state index in [1.807, 2.05) is 0 Å². The number of anilines is 2. The highest BCUT2D eigenvalue weighted by molar-refractivity contribution is 5.96. The standard InChI is InChI=1S/C11H13F3N2O2/c1-2-18-10(17)8-5-7(15)3-4-9(8)16-6-11(12,13)14/h3-5,16H,2,6,15H2,1H3. The van der Waals surface area contributed by atoms with Crippen LogP contribution in [0.5, 0.6) is 0 Å². The first-order valence-corrected chi connectivity index (χ1v) is 5.20. The van der Waals surface area contributed by atoms with Crippen LogP contribution in [0, 0.1) is 0 Å². The number of halogens is 3. The van der Waals surface area contributed by atoms with Crippen molar-refractivity contribution in [3.8, 4) is 0 Å². The van der Waals surface area contributed by atoms with Gasteiger partial charge in [-0.2, -0.15) is 13.2 Å². The number of carbonyl (C=O) groups excluding carboxylic acids is 1. The summed E-state index contributed by atoms with van der Waals surface area (Å²) < 4.78 is 41.0. The lowest BCUT2D eigenvalue weighted by Crippen LogP contribution is -2.22. The SMILES string of the molecule is CCOC(=O)c1cc(N)ccc1NCC(F)(F)F. The molecule has 0 atom stereocenters. The minimum atomic E-state index is -4.37. The third-order valence-corrected chi connectivity index (χ3v) is 2.02. The average molecular weight is 262 g/mol. The van der Waals surface area contributed by atoms with Gasteiger partial charge in [-0.25, -0.2) is 4.79 Å². The zero-order valence-electron chi connectivity index (χ0n) is 9.67. The van der Waals surface area contributed by atoms with Crippen molar-refractivity contribution in [3.63, 3.8) is 0 Å². The molecule has 1 aromatic rings. The molecule has 7 heteroatoms. The summed E-state index contributed by atoms with van der Waals surface area (Å²) in [7, 11) is 0. The number of ether oxygens (including phenoxy) is 1. The number of hydrogen-bond acceptors (Lipinski definition) is 4. The summed E-state index contributed by atoms with van der Waals surface area (Å²) >= 11 is 0. The van der Waals surface area contributed by atoms with E-state index in [1.54, 1.807) is 6.92 Å². The van der Waals surface area contributed by atoms with Crippen LogP contribution in [0.2, 0.25) is 0 Å². The van der Waals surface area contributed by atoms with Crippen LogP contribution in [0.3, 0.4) is 0 Å². The Bertz CT molecular complexity index is 433. The van der Waals surface area contributed by atoms with Gasteiger partial charge < -0.3 is 15.8 Å². The molecule has 0 saturated heterocycles. The van der Waals surface area contributed by atoms with Gasteiger partial charge >= 0.3 is 12.1 Å². The second-order valence-corrected chi connectivity index (χ2v) is 3.49. The van der Waals surface area contributed by atoms with Crippen LogP contribution < -0.4 is 11.1 Å². The van der Waals surface area contributed by atoms with Crippen LogP contribution in [0.1, 0.15) is 17.3 Å². The van der Waals surface area contributed by atoms with Crippen molar-refractivity contribution in [1.29, 1.82) is 0 Å². The van der Waals surface area contributed by atoms with Crippen LogP contribution in [-0.2, 0) is 4.74 Å². The summed E-state index contributed by atoms with van der Waals surface area (Å²) in [5.74, 6) is -0.713. The lowest BCUT2D eigenvalue weighted by Gasteiger charge is -2.13. The zero-order valence-corrected chi connectivity index (χ0v) is 9.67. The Morgan fingerprint density at radius 2 is 2.11 bits per heavy atom. The van der Waals surface area contributed by atoms with E-state index in [4.69, 9.17) is 10.5 Å². The fraction of sp³-hybridized carbons (Fsp3) is 0.364. The predicted octanol–water partition coefficient (Wildman–Crippen LogP) is 2.42. The summed E-state index contributed by atoms with van der Waals surface area (Å²) in [6.07, 6.45) is -4.37. The maximum Gasteiger partial charge on any atom is 0.405 e. The summed E-state index contributed by atoms with van der Waals surface area (Å²) in [6, 6.07) is 3.99. The molecule has 3 N–H and O–H groups in total. The normalized spacial score (nSPS) is 11.1. The molecule has 0 spiro atoms. The number of hydrogen-bond donors (Lipinski definition) is 2. The van der Waals surface area contributed by atoms with Crippen LogP contribution in [0.15, 0.2) is 18.2 Å². The van der Waals surface area contributed by atoms with Crippen molar-refractivity contribution in [1.82, 2.24) is 0 Å². The van der Waals surface area contributed by atoms with E-state index in [9.17, 15) is 18.0 Å². The lowest BCUT2D eigenvalue weighted by molar-refractivity contribution is -0.115. The van der Waals surface area contributed by atoms with E-state index in [0.29, 0.717) is 0 Å². The van der Waals surface area contributed by atoms with Gasteiger partial charge in [0.25, 0.3) is 0 Å². The first kappa shape index (κ1) is 14.1. The first-order valence-electron chi connectivity index (χ1n) is 5.20. The van der Waals surface area contributed by atoms with Gasteiger partial charge in [0, 0.05) is 11.4 Å². The fourth-order valence-corrected chi connectivity index (χ4v) is 1.29. The van der Waals surface area contributed by atoms with Gasteiger partial charge in [-0.1, -0.05) is 0 Å². The number of benzene rings is 1. The van der Waals surface area contributed by atoms with E-state index in [2.05, 4.69) is 5.32 Å². The highest BCUT2D eigenvalue weighted by Crippen LogP contribution is 2.22. The van der Waals surface area contributed by atoms with Gasteiger partial charge in [0.2, 0.25) is 0 Å². The van der Waals surface area contributed by atoms with E-state index >= 15 is 0 Å². The number of alkyl halides is 3. The van der Waals surface area contributed by atoms with Crippen molar-refractivity contribution in [2.75, 3.05) is 24.2 Å². The van der Waals surface area contributed by atoms with Crippen molar-refractivity contribution >= 4 is 17.3 Å². The van der Waals surface area contributed by atoms with Crippen molar-refractivity contribution in [2.45, 2.75) is 13.1 Å². The maximum atomic E-state index is 12.1. The first-order chi connectivity index (χ1) is 8.33. The number of nitrogens with two attached hydrogens (primary N) is 1. The number of nitrogens with one attached hydrogen (secondary N) is 1. The second-order valence-electron chi connectivity index (χ2n) is 3.49. The Labute approximate surface area is 102 Å². The molecule has 0 unspecified atom stereocenters. The highest BCUT2D eigenvalue weighted by atomic mass is 19.4. The Kier molecular flexibility index (Phi) is 4.41. The van der Waals surface area contributed by atoms with Gasteiger partial charge in [0.1, 0.15) is 6.54 Å². The Hall–Kier alpha value is -1.92. The summed E-state index contributed by atoms with van der Waals surface area (Å²) in [5.41, 5.74) is 5.79. The third kappa shape index (κ3) is 4.15. The Morgan fingerprint density at radius 3 is 2.67 bits per heavy atom. The number of rotatable bonds is 4. The average Bonchev–Trinajstić information content (AvgIpc) is 2.26. The molecule has 18 heavy (non-hydrogen) atoms. The van der Waals surface area contributed by atoms with E-state index < -0.39 is 18.7 Å². The molecule has 0 saturated carbocycles. The maximum absolute atomic E-state index is 12.1. The molecule has 1 aromatic carbocycles. The van der Waals surface area contributed by atoms with Gasteiger partial charge in [-0.3, -0.25) is 0 Å². The Balaban J connectivity index is 2.93. The Morgan fingerprint density at radius 1 is 1.44 bits per heavy atom. The molecule has 1 rings (SSSR count). The van der Waals surface area contributed by atoms with Crippen LogP contribution in [0.25, 0.3) is 0 Å². The molecule has 0 aliphatic rings. The van der Waals surface area contributed by atoms with E-state index in [-0.39, 0.29) is 23.5 Å². The molecule has 0 amide bonds. The molecule has 0 aliphatic carbocycles. The molecule has 100 valence electrons. The van der Waals surface area contributed by atoms with Crippen molar-refractivity contribution in [3.05, 3.63) is 23.8 Å². The van der Waals surface area contributed by atoms with E-state index in [0.717, 1.165) is 0 Å². The predicted molar refractivity (Wildman–Crippen MR) is 61.4 cm³/mol. The quantitative estimate of drug-likeness (QED) is 0.646. The fourth-order valence-electron chi connectivity index (χ4n) is 1.29. The van der Waals surface area contributed by atoms with Crippen LogP contribution >= 0.6 is 0 Å². The largest absolute Gasteiger partial charge is 0.462 e. The van der Waals surface area contributed by atoms with Gasteiger partial charge in [0.05, 0.1) is 12.2 Å². The molecule has 0 fully saturated rings. The third-order valence-electron chi connectivity index (χ3n) is 2.02. The highest BCUT2D eigenvalue weighted by Gasteiger charge is 2.27. The number of esters is 1. The number of carbonyl (C=O) groups is 1. The zero-order chi connectivity index (χ0) is 13.8. The smallest absolute Gasteiger partial charge is 0.405 e. The molecule has 0 aromatic heterocycles. The number of nitrogen functional groups attached to an aromatic ring is 1. The molecular formula is C11H13F3N2O2. The minimum absolute atomic E-state index is 0.0129. The van der Waals surface area contributed by atoms with Crippen molar-refractivity contribution in [2.24, 2.45) is 0 Å². The second kappa shape index (κ2) is 5.61. The van der Waals surface area contributed by atoms with Crippen LogP contribution in [0.4, 0.5) is 24.5 Å².